The molecule has 1 aromatic rings. The lowest BCUT2D eigenvalue weighted by Crippen LogP contribution is -2.26. The van der Waals surface area contributed by atoms with E-state index in [1.165, 1.54) is 11.1 Å². The average Bonchev–Trinajstić information content (AvgIpc) is 2.36. The first-order chi connectivity index (χ1) is 8.96. The summed E-state index contributed by atoms with van der Waals surface area (Å²) in [5.74, 6) is 0.595. The fourth-order valence-corrected chi connectivity index (χ4v) is 2.75. The van der Waals surface area contributed by atoms with Gasteiger partial charge in [0.2, 0.25) is 5.91 Å². The highest BCUT2D eigenvalue weighted by Crippen LogP contribution is 2.25. The Morgan fingerprint density at radius 3 is 2.95 bits per heavy atom. The van der Waals surface area contributed by atoms with Gasteiger partial charge in [-0.3, -0.25) is 4.79 Å². The van der Waals surface area contributed by atoms with Crippen molar-refractivity contribution in [3.05, 3.63) is 29.3 Å². The molecule has 1 heterocycles. The fraction of sp³-hybridized carbons (Fsp3) is 0.533. The van der Waals surface area contributed by atoms with Crippen LogP contribution in [-0.4, -0.2) is 23.0 Å². The van der Waals surface area contributed by atoms with E-state index in [0.29, 0.717) is 5.75 Å². The smallest absolute Gasteiger partial charge is 0.234 e. The maximum atomic E-state index is 12.0. The molecule has 0 saturated carbocycles. The van der Waals surface area contributed by atoms with Gasteiger partial charge in [0, 0.05) is 17.0 Å². The molecule has 0 atom stereocenters. The molecule has 1 amide bonds. The Hall–Kier alpha value is -1.00. The van der Waals surface area contributed by atoms with Gasteiger partial charge in [-0.15, -0.1) is 11.8 Å². The average molecular weight is 278 g/mol. The van der Waals surface area contributed by atoms with Crippen molar-refractivity contribution in [3.8, 4) is 0 Å². The lowest BCUT2D eigenvalue weighted by molar-refractivity contribution is -0.113. The van der Waals surface area contributed by atoms with Crippen molar-refractivity contribution in [3.63, 3.8) is 0 Å². The van der Waals surface area contributed by atoms with E-state index in [-0.39, 0.29) is 10.7 Å². The third-order valence-electron chi connectivity index (χ3n) is 3.05. The van der Waals surface area contributed by atoms with Gasteiger partial charge >= 0.3 is 0 Å². The van der Waals surface area contributed by atoms with Crippen molar-refractivity contribution >= 4 is 23.4 Å². The predicted molar refractivity (Wildman–Crippen MR) is 82.7 cm³/mol. The molecule has 0 spiro atoms. The second-order valence-corrected chi connectivity index (χ2v) is 7.62. The van der Waals surface area contributed by atoms with E-state index in [2.05, 4.69) is 37.5 Å². The van der Waals surface area contributed by atoms with Gasteiger partial charge in [0.25, 0.3) is 0 Å². The van der Waals surface area contributed by atoms with Crippen LogP contribution < -0.4 is 10.6 Å². The van der Waals surface area contributed by atoms with E-state index in [1.54, 1.807) is 11.8 Å². The van der Waals surface area contributed by atoms with Crippen LogP contribution in [0.2, 0.25) is 0 Å². The number of carbonyl (C=O) groups excluding carboxylic acids is 1. The zero-order valence-electron chi connectivity index (χ0n) is 11.9. The monoisotopic (exact) mass is 278 g/mol. The minimum absolute atomic E-state index is 0.0897. The van der Waals surface area contributed by atoms with Gasteiger partial charge < -0.3 is 10.6 Å². The van der Waals surface area contributed by atoms with Crippen LogP contribution in [0.25, 0.3) is 0 Å². The van der Waals surface area contributed by atoms with Gasteiger partial charge in [0.05, 0.1) is 5.75 Å². The van der Waals surface area contributed by atoms with Crippen molar-refractivity contribution in [2.24, 2.45) is 0 Å². The number of hydrogen-bond donors (Lipinski definition) is 2. The molecule has 1 aliphatic rings. The van der Waals surface area contributed by atoms with Crippen LogP contribution in [0.1, 0.15) is 31.9 Å². The molecule has 0 bridgehead atoms. The molecule has 4 heteroatoms. The Balaban J connectivity index is 2.01. The Morgan fingerprint density at radius 2 is 2.21 bits per heavy atom. The Morgan fingerprint density at radius 1 is 1.42 bits per heavy atom. The van der Waals surface area contributed by atoms with Gasteiger partial charge in [-0.2, -0.15) is 0 Å². The number of hydrogen-bond acceptors (Lipinski definition) is 3. The van der Waals surface area contributed by atoms with Crippen molar-refractivity contribution in [1.29, 1.82) is 0 Å². The first kappa shape index (κ1) is 14.4. The van der Waals surface area contributed by atoms with Crippen LogP contribution in [0, 0.1) is 0 Å². The summed E-state index contributed by atoms with van der Waals surface area (Å²) in [6, 6.07) is 6.14. The lowest BCUT2D eigenvalue weighted by Gasteiger charge is -2.21. The van der Waals surface area contributed by atoms with Crippen LogP contribution >= 0.6 is 11.8 Å². The molecular formula is C15H22N2OS. The van der Waals surface area contributed by atoms with Crippen molar-refractivity contribution in [1.82, 2.24) is 5.32 Å². The third-order valence-corrected chi connectivity index (χ3v) is 4.32. The Labute approximate surface area is 119 Å². The fourth-order valence-electron chi connectivity index (χ4n) is 2.12. The highest BCUT2D eigenvalue weighted by atomic mass is 32.2. The number of nitrogens with one attached hydrogen (secondary N) is 2. The summed E-state index contributed by atoms with van der Waals surface area (Å²) in [7, 11) is 0. The summed E-state index contributed by atoms with van der Waals surface area (Å²) in [5.41, 5.74) is 3.57. The molecule has 19 heavy (non-hydrogen) atoms. The molecule has 0 unspecified atom stereocenters. The van der Waals surface area contributed by atoms with Crippen molar-refractivity contribution < 1.29 is 4.79 Å². The molecular weight excluding hydrogens is 256 g/mol. The van der Waals surface area contributed by atoms with Crippen LogP contribution in [0.15, 0.2) is 18.2 Å². The number of rotatable bonds is 3. The molecule has 0 radical (unpaired) electrons. The number of carbonyl (C=O) groups is 1. The number of amides is 1. The summed E-state index contributed by atoms with van der Waals surface area (Å²) < 4.78 is 0.122. The molecule has 2 rings (SSSR count). The third kappa shape index (κ3) is 4.25. The highest BCUT2D eigenvalue weighted by Gasteiger charge is 2.16. The molecule has 0 aromatic heterocycles. The molecule has 0 aliphatic carbocycles. The summed E-state index contributed by atoms with van der Waals surface area (Å²) in [4.78, 5) is 12.0. The Bertz CT molecular complexity index is 466. The quantitative estimate of drug-likeness (QED) is 0.893. The first-order valence-electron chi connectivity index (χ1n) is 6.71. The predicted octanol–water partition coefficient (Wildman–Crippen LogP) is 2.80. The van der Waals surface area contributed by atoms with Crippen LogP contribution in [0.5, 0.6) is 0 Å². The molecule has 1 aromatic carbocycles. The standard InChI is InChI=1S/C15H22N2OS/c1-15(2,3)19-10-14(18)17-13-6-4-5-11-9-16-8-7-12(11)13/h4-6,16H,7-10H2,1-3H3,(H,17,18). The summed E-state index contributed by atoms with van der Waals surface area (Å²) in [5, 5.41) is 6.40. The second kappa shape index (κ2) is 5.97. The minimum atomic E-state index is 0.0897. The molecule has 1 aliphatic heterocycles. The number of thioether (sulfide) groups is 1. The molecule has 2 N–H and O–H groups in total. The zero-order valence-corrected chi connectivity index (χ0v) is 12.7. The maximum absolute atomic E-state index is 12.0. The van der Waals surface area contributed by atoms with E-state index < -0.39 is 0 Å². The van der Waals surface area contributed by atoms with E-state index in [0.717, 1.165) is 25.2 Å². The maximum Gasteiger partial charge on any atom is 0.234 e. The van der Waals surface area contributed by atoms with Gasteiger partial charge in [0.15, 0.2) is 0 Å². The molecule has 104 valence electrons. The van der Waals surface area contributed by atoms with Crippen LogP contribution in [-0.2, 0) is 17.8 Å². The summed E-state index contributed by atoms with van der Waals surface area (Å²) >= 11 is 1.67. The van der Waals surface area contributed by atoms with Crippen molar-refractivity contribution in [2.75, 3.05) is 17.6 Å². The lowest BCUT2D eigenvalue weighted by atomic mass is 9.99. The SMILES string of the molecule is CC(C)(C)SCC(=O)Nc1cccc2c1CCNC2. The topological polar surface area (TPSA) is 41.1 Å². The van der Waals surface area contributed by atoms with Gasteiger partial charge in [-0.25, -0.2) is 0 Å². The highest BCUT2D eigenvalue weighted by molar-refractivity contribution is 8.01. The van der Waals surface area contributed by atoms with E-state index >= 15 is 0 Å². The molecule has 0 fully saturated rings. The second-order valence-electron chi connectivity index (χ2n) is 5.82. The van der Waals surface area contributed by atoms with Crippen LogP contribution in [0.3, 0.4) is 0 Å². The largest absolute Gasteiger partial charge is 0.325 e. The number of fused-ring (bicyclic) bond motifs is 1. The molecule has 3 nitrogen and oxygen atoms in total. The molecule has 0 saturated heterocycles. The first-order valence-corrected chi connectivity index (χ1v) is 7.69. The summed E-state index contributed by atoms with van der Waals surface area (Å²) in [6.07, 6.45) is 0.984. The van der Waals surface area contributed by atoms with E-state index in [1.807, 2.05) is 12.1 Å². The van der Waals surface area contributed by atoms with Crippen LogP contribution in [0.4, 0.5) is 5.69 Å². The number of benzene rings is 1. The Kier molecular flexibility index (Phi) is 4.53. The summed E-state index contributed by atoms with van der Waals surface area (Å²) in [6.45, 7) is 8.26. The normalized spacial score (nSPS) is 14.9. The number of anilines is 1. The minimum Gasteiger partial charge on any atom is -0.325 e. The van der Waals surface area contributed by atoms with Gasteiger partial charge in [0.1, 0.15) is 0 Å². The zero-order chi connectivity index (χ0) is 13.9. The van der Waals surface area contributed by atoms with Gasteiger partial charge in [-0.05, 0) is 30.2 Å². The van der Waals surface area contributed by atoms with E-state index in [4.69, 9.17) is 0 Å². The van der Waals surface area contributed by atoms with E-state index in [9.17, 15) is 4.79 Å². The van der Waals surface area contributed by atoms with Crippen molar-refractivity contribution in [2.45, 2.75) is 38.5 Å². The van der Waals surface area contributed by atoms with Gasteiger partial charge in [-0.1, -0.05) is 32.9 Å².